The van der Waals surface area contributed by atoms with Crippen LogP contribution in [-0.4, -0.2) is 21.5 Å². The largest absolute Gasteiger partial charge is 0.487 e. The van der Waals surface area contributed by atoms with Gasteiger partial charge in [0.05, 0.1) is 34.0 Å². The maximum absolute atomic E-state index is 14.2. The first-order valence-corrected chi connectivity index (χ1v) is 13.7. The van der Waals surface area contributed by atoms with Crippen LogP contribution in [0, 0.1) is 21.4 Å². The zero-order chi connectivity index (χ0) is 29.1. The summed E-state index contributed by atoms with van der Waals surface area (Å²) in [6.45, 7) is 1.84. The fourth-order valence-electron chi connectivity index (χ4n) is 4.10. The van der Waals surface area contributed by atoms with E-state index in [0.717, 1.165) is 29.6 Å². The highest BCUT2D eigenvalue weighted by Gasteiger charge is 2.34. The Bertz CT molecular complexity index is 1800. The molecule has 2 aromatic heterocycles. The van der Waals surface area contributed by atoms with Crippen LogP contribution >= 0.6 is 23.1 Å². The van der Waals surface area contributed by atoms with Crippen LogP contribution < -0.4 is 10.1 Å². The first-order chi connectivity index (χ1) is 19.7. The monoisotopic (exact) mass is 593 g/mol. The predicted molar refractivity (Wildman–Crippen MR) is 151 cm³/mol. The van der Waals surface area contributed by atoms with Gasteiger partial charge in [-0.1, -0.05) is 42.1 Å². The van der Waals surface area contributed by atoms with Crippen LogP contribution in [0.15, 0.2) is 81.5 Å². The van der Waals surface area contributed by atoms with Crippen molar-refractivity contribution in [3.8, 4) is 23.1 Å². The molecule has 0 atom stereocenters. The van der Waals surface area contributed by atoms with Gasteiger partial charge in [0.25, 0.3) is 0 Å². The van der Waals surface area contributed by atoms with Crippen molar-refractivity contribution in [3.05, 3.63) is 93.5 Å². The molecule has 13 heteroatoms. The Kier molecular flexibility index (Phi) is 7.78. The zero-order valence-electron chi connectivity index (χ0n) is 21.1. The smallest absolute Gasteiger partial charge is 0.417 e. The molecule has 0 spiro atoms. The predicted octanol–water partition coefficient (Wildman–Crippen LogP) is 8.45. The highest BCUT2D eigenvalue weighted by Crippen LogP contribution is 2.44. The summed E-state index contributed by atoms with van der Waals surface area (Å²) >= 11 is 2.14. The topological polar surface area (TPSA) is 114 Å². The van der Waals surface area contributed by atoms with Gasteiger partial charge in [-0.25, -0.2) is 9.97 Å². The average molecular weight is 594 g/mol. The summed E-state index contributed by atoms with van der Waals surface area (Å²) in [6, 6.07) is 17.8. The zero-order valence-corrected chi connectivity index (χ0v) is 22.7. The standard InChI is InChI=1S/C28H18F3N5O3S2/c1-2-39-22-10-9-19-24(17(13-32)14-33-25(19)26(22)36(37)38)34-18-8-11-23(20(12-18)28(29,30)31)41-27-35-21(15-40-27)16-6-4-3-5-7-16/h3-12,14-15H,2H2,1H3,(H,33,34). The molecular formula is C28H18F3N5O3S2. The first kappa shape index (κ1) is 27.9. The number of anilines is 2. The van der Waals surface area contributed by atoms with Gasteiger partial charge in [0.2, 0.25) is 0 Å². The summed E-state index contributed by atoms with van der Waals surface area (Å²) in [4.78, 5) is 19.7. The number of nitrogens with zero attached hydrogens (tertiary/aromatic N) is 4. The maximum atomic E-state index is 14.2. The summed E-state index contributed by atoms with van der Waals surface area (Å²) in [7, 11) is 0. The van der Waals surface area contributed by atoms with E-state index < -0.39 is 22.4 Å². The Morgan fingerprint density at radius 1 is 1.17 bits per heavy atom. The number of nitriles is 1. The summed E-state index contributed by atoms with van der Waals surface area (Å²) in [6.07, 6.45) is -3.56. The normalized spacial score (nSPS) is 11.3. The highest BCUT2D eigenvalue weighted by atomic mass is 32.2. The van der Waals surface area contributed by atoms with Crippen LogP contribution in [0.1, 0.15) is 18.1 Å². The van der Waals surface area contributed by atoms with Crippen molar-refractivity contribution in [2.24, 2.45) is 0 Å². The number of pyridine rings is 1. The van der Waals surface area contributed by atoms with Gasteiger partial charge in [0.1, 0.15) is 6.07 Å². The van der Waals surface area contributed by atoms with Crippen molar-refractivity contribution < 1.29 is 22.8 Å². The Balaban J connectivity index is 1.53. The number of hydrogen-bond acceptors (Lipinski definition) is 9. The van der Waals surface area contributed by atoms with E-state index in [-0.39, 0.29) is 45.1 Å². The Labute approximate surface area is 239 Å². The van der Waals surface area contributed by atoms with Crippen molar-refractivity contribution in [1.82, 2.24) is 9.97 Å². The minimum Gasteiger partial charge on any atom is -0.487 e. The molecule has 0 aliphatic rings. The molecule has 8 nitrogen and oxygen atoms in total. The van der Waals surface area contributed by atoms with Crippen LogP contribution in [0.5, 0.6) is 5.75 Å². The third-order valence-electron chi connectivity index (χ3n) is 5.88. The van der Waals surface area contributed by atoms with Crippen molar-refractivity contribution >= 4 is 51.1 Å². The van der Waals surface area contributed by atoms with Crippen LogP contribution in [-0.2, 0) is 6.18 Å². The molecule has 1 N–H and O–H groups in total. The molecule has 0 unspecified atom stereocenters. The summed E-state index contributed by atoms with van der Waals surface area (Å²) in [5.74, 6) is -0.00787. The first-order valence-electron chi connectivity index (χ1n) is 12.0. The molecule has 0 saturated heterocycles. The Hall–Kier alpha value is -4.67. The maximum Gasteiger partial charge on any atom is 0.417 e. The second kappa shape index (κ2) is 11.4. The second-order valence-electron chi connectivity index (χ2n) is 8.46. The fraction of sp³-hybridized carbons (Fsp3) is 0.107. The van der Waals surface area contributed by atoms with Crippen molar-refractivity contribution in [3.63, 3.8) is 0 Å². The van der Waals surface area contributed by atoms with E-state index in [0.29, 0.717) is 10.0 Å². The molecule has 0 radical (unpaired) electrons. The van der Waals surface area contributed by atoms with Gasteiger partial charge < -0.3 is 10.1 Å². The minimum absolute atomic E-state index is 0.000745. The minimum atomic E-state index is -4.69. The molecule has 206 valence electrons. The lowest BCUT2D eigenvalue weighted by molar-refractivity contribution is -0.384. The summed E-state index contributed by atoms with van der Waals surface area (Å²) < 4.78 is 48.4. The van der Waals surface area contributed by atoms with Crippen LogP contribution in [0.3, 0.4) is 0 Å². The number of thiazole rings is 1. The van der Waals surface area contributed by atoms with Gasteiger partial charge in [-0.3, -0.25) is 10.1 Å². The SMILES string of the molecule is CCOc1ccc2c(Nc3ccc(Sc4nc(-c5ccccc5)cs4)c(C(F)(F)F)c3)c(C#N)cnc2c1[N+](=O)[O-]. The average Bonchev–Trinajstić information content (AvgIpc) is 3.42. The van der Waals surface area contributed by atoms with E-state index >= 15 is 0 Å². The van der Waals surface area contributed by atoms with E-state index in [1.54, 1.807) is 12.3 Å². The molecule has 0 saturated carbocycles. The number of nitro benzene ring substituents is 1. The van der Waals surface area contributed by atoms with E-state index in [4.69, 9.17) is 4.74 Å². The summed E-state index contributed by atoms with van der Waals surface area (Å²) in [5.41, 5.74) is 0.278. The van der Waals surface area contributed by atoms with Gasteiger partial charge in [-0.2, -0.15) is 18.4 Å². The van der Waals surface area contributed by atoms with Crippen LogP contribution in [0.2, 0.25) is 0 Å². The molecule has 0 fully saturated rings. The Morgan fingerprint density at radius 3 is 2.63 bits per heavy atom. The lowest BCUT2D eigenvalue weighted by atomic mass is 10.1. The van der Waals surface area contributed by atoms with Crippen LogP contribution in [0.4, 0.5) is 30.2 Å². The number of aromatic nitrogens is 2. The van der Waals surface area contributed by atoms with Gasteiger partial charge in [-0.05, 0) is 37.3 Å². The highest BCUT2D eigenvalue weighted by molar-refractivity contribution is 8.01. The molecule has 5 aromatic rings. The molecule has 5 rings (SSSR count). The molecule has 0 amide bonds. The van der Waals surface area contributed by atoms with E-state index in [9.17, 15) is 28.5 Å². The molecule has 0 aliphatic heterocycles. The molecule has 0 bridgehead atoms. The third-order valence-corrected chi connectivity index (χ3v) is 7.90. The number of benzene rings is 3. The molecular weight excluding hydrogens is 575 g/mol. The lowest BCUT2D eigenvalue weighted by Gasteiger charge is -2.16. The fourth-order valence-corrected chi connectivity index (χ4v) is 6.01. The number of halogens is 3. The number of rotatable bonds is 8. The number of fused-ring (bicyclic) bond motifs is 1. The Morgan fingerprint density at radius 2 is 1.95 bits per heavy atom. The van der Waals surface area contributed by atoms with Crippen molar-refractivity contribution in [1.29, 1.82) is 5.26 Å². The van der Waals surface area contributed by atoms with Gasteiger partial charge >= 0.3 is 11.9 Å². The van der Waals surface area contributed by atoms with E-state index in [1.165, 1.54) is 35.6 Å². The number of hydrogen-bond donors (Lipinski definition) is 1. The molecule has 2 heterocycles. The van der Waals surface area contributed by atoms with Gasteiger partial charge in [-0.15, -0.1) is 11.3 Å². The third kappa shape index (κ3) is 5.79. The van der Waals surface area contributed by atoms with E-state index in [1.807, 2.05) is 36.4 Å². The van der Waals surface area contributed by atoms with Gasteiger partial charge in [0.15, 0.2) is 15.6 Å². The quantitative estimate of drug-likeness (QED) is 0.141. The van der Waals surface area contributed by atoms with Gasteiger partial charge in [0, 0.05) is 33.1 Å². The van der Waals surface area contributed by atoms with Crippen molar-refractivity contribution in [2.45, 2.75) is 22.3 Å². The molecule has 3 aromatic carbocycles. The van der Waals surface area contributed by atoms with Crippen LogP contribution in [0.25, 0.3) is 22.2 Å². The summed E-state index contributed by atoms with van der Waals surface area (Å²) in [5, 5.41) is 26.3. The number of ether oxygens (including phenoxy) is 1. The molecule has 0 aliphatic carbocycles. The number of alkyl halides is 3. The lowest BCUT2D eigenvalue weighted by Crippen LogP contribution is -2.08. The number of nitro groups is 1. The van der Waals surface area contributed by atoms with Crippen molar-refractivity contribution in [2.75, 3.05) is 11.9 Å². The second-order valence-corrected chi connectivity index (χ2v) is 10.6. The van der Waals surface area contributed by atoms with E-state index in [2.05, 4.69) is 15.3 Å². The number of nitrogens with one attached hydrogen (secondary N) is 1. The molecule has 41 heavy (non-hydrogen) atoms.